The van der Waals surface area contributed by atoms with Crippen LogP contribution in [0.5, 0.6) is 0 Å². The van der Waals surface area contributed by atoms with Gasteiger partial charge in [0.25, 0.3) is 0 Å². The highest BCUT2D eigenvalue weighted by Crippen LogP contribution is 2.70. The van der Waals surface area contributed by atoms with Crippen LogP contribution in [0.2, 0.25) is 10.0 Å². The Balaban J connectivity index is 1.73. The first-order valence-electron chi connectivity index (χ1n) is 9.83. The maximum atomic E-state index is 14.0. The lowest BCUT2D eigenvalue weighted by Gasteiger charge is -2.35. The second-order valence-corrected chi connectivity index (χ2v) is 10.5. The maximum absolute atomic E-state index is 14.0. The highest BCUT2D eigenvalue weighted by molar-refractivity contribution is 7.88. The standard InChI is InChI=1S/C25H19Cl2NO2S/c1-16(17-7-11-19(26)12-8-17)24(18-9-13-20(27)14-10-18)15-25(24)23(29)28(2)21-5-3-4-6-22(21)31(25)30/h3-14H,1,15H2,2H3/t24-,25+,31-/m0/s1. The molecule has 1 amide bonds. The van der Waals surface area contributed by atoms with E-state index in [2.05, 4.69) is 6.58 Å². The van der Waals surface area contributed by atoms with Gasteiger partial charge >= 0.3 is 0 Å². The number of fused-ring (bicyclic) bond motifs is 1. The summed E-state index contributed by atoms with van der Waals surface area (Å²) in [6.45, 7) is 4.41. The third-order valence-corrected chi connectivity index (χ3v) is 9.07. The van der Waals surface area contributed by atoms with Gasteiger partial charge in [-0.25, -0.2) is 0 Å². The molecule has 3 aromatic rings. The van der Waals surface area contributed by atoms with E-state index >= 15 is 0 Å². The van der Waals surface area contributed by atoms with Crippen molar-refractivity contribution in [3.63, 3.8) is 0 Å². The molecule has 0 aromatic heterocycles. The Hall–Kier alpha value is -2.40. The van der Waals surface area contributed by atoms with Gasteiger partial charge in [-0.05, 0) is 59.5 Å². The average molecular weight is 468 g/mol. The number of carbonyl (C=O) groups is 1. The summed E-state index contributed by atoms with van der Waals surface area (Å²) in [5, 5.41) is 1.22. The van der Waals surface area contributed by atoms with E-state index < -0.39 is 21.0 Å². The Morgan fingerprint density at radius 1 is 0.968 bits per heavy atom. The molecule has 3 nitrogen and oxygen atoms in total. The molecule has 3 atom stereocenters. The van der Waals surface area contributed by atoms with Crippen molar-refractivity contribution in [1.29, 1.82) is 0 Å². The molecule has 0 bridgehead atoms. The van der Waals surface area contributed by atoms with Crippen molar-refractivity contribution in [3.05, 3.63) is 101 Å². The van der Waals surface area contributed by atoms with Crippen molar-refractivity contribution in [3.8, 4) is 0 Å². The predicted octanol–water partition coefficient (Wildman–Crippen LogP) is 5.87. The van der Waals surface area contributed by atoms with Crippen LogP contribution in [0.4, 0.5) is 5.69 Å². The molecule has 2 aliphatic rings. The molecular formula is C25H19Cl2NO2S. The fourth-order valence-corrected chi connectivity index (χ4v) is 7.27. The lowest BCUT2D eigenvalue weighted by molar-refractivity contribution is -0.119. The van der Waals surface area contributed by atoms with E-state index in [1.165, 1.54) is 0 Å². The van der Waals surface area contributed by atoms with Crippen LogP contribution in [0.1, 0.15) is 17.5 Å². The summed E-state index contributed by atoms with van der Waals surface area (Å²) in [7, 11) is 0.195. The number of rotatable bonds is 3. The number of amides is 1. The molecule has 0 radical (unpaired) electrons. The Bertz CT molecular complexity index is 1260. The number of carbonyl (C=O) groups excluding carboxylic acids is 1. The normalized spacial score (nSPS) is 26.6. The summed E-state index contributed by atoms with van der Waals surface area (Å²) in [5.74, 6) is -0.158. The highest BCUT2D eigenvalue weighted by atomic mass is 35.5. The molecule has 1 aliphatic carbocycles. The van der Waals surface area contributed by atoms with E-state index in [0.29, 0.717) is 27.0 Å². The highest BCUT2D eigenvalue weighted by Gasteiger charge is 2.79. The van der Waals surface area contributed by atoms with E-state index in [1.807, 2.05) is 48.5 Å². The number of benzene rings is 3. The minimum Gasteiger partial charge on any atom is -0.313 e. The van der Waals surface area contributed by atoms with Gasteiger partial charge in [0.1, 0.15) is 4.75 Å². The summed E-state index contributed by atoms with van der Waals surface area (Å²) in [6.07, 6.45) is 0.410. The Morgan fingerprint density at radius 2 is 1.55 bits per heavy atom. The molecule has 5 rings (SSSR count). The van der Waals surface area contributed by atoms with Gasteiger partial charge < -0.3 is 4.90 Å². The molecule has 0 unspecified atom stereocenters. The van der Waals surface area contributed by atoms with Gasteiger partial charge in [0.2, 0.25) is 5.91 Å². The monoisotopic (exact) mass is 467 g/mol. The van der Waals surface area contributed by atoms with Crippen molar-refractivity contribution in [2.75, 3.05) is 11.9 Å². The summed E-state index contributed by atoms with van der Waals surface area (Å²) in [4.78, 5) is 16.1. The molecule has 156 valence electrons. The fourth-order valence-electron chi connectivity index (χ4n) is 4.84. The van der Waals surface area contributed by atoms with E-state index in [4.69, 9.17) is 23.2 Å². The topological polar surface area (TPSA) is 37.4 Å². The summed E-state index contributed by atoms with van der Waals surface area (Å²) in [5.41, 5.74) is 2.37. The molecule has 1 spiro atoms. The van der Waals surface area contributed by atoms with Gasteiger partial charge in [0.05, 0.1) is 21.4 Å². The van der Waals surface area contributed by atoms with E-state index in [-0.39, 0.29) is 5.91 Å². The third kappa shape index (κ3) is 2.72. The molecule has 1 heterocycles. The summed E-state index contributed by atoms with van der Waals surface area (Å²) >= 11 is 12.2. The van der Waals surface area contributed by atoms with Crippen LogP contribution in [0.25, 0.3) is 5.57 Å². The number of halogens is 2. The Kier molecular flexibility index (Phi) is 4.67. The molecule has 0 saturated heterocycles. The van der Waals surface area contributed by atoms with Gasteiger partial charge in [-0.1, -0.05) is 66.2 Å². The molecule has 1 saturated carbocycles. The van der Waals surface area contributed by atoms with Crippen LogP contribution in [0.15, 0.2) is 84.3 Å². The van der Waals surface area contributed by atoms with Crippen molar-refractivity contribution in [1.82, 2.24) is 0 Å². The van der Waals surface area contributed by atoms with Crippen molar-refractivity contribution < 1.29 is 9.00 Å². The zero-order chi connectivity index (χ0) is 22.0. The lowest BCUT2D eigenvalue weighted by atomic mass is 9.82. The smallest absolute Gasteiger partial charge is 0.247 e. The van der Waals surface area contributed by atoms with Crippen LogP contribution in [0, 0.1) is 0 Å². The van der Waals surface area contributed by atoms with Gasteiger partial charge in [0, 0.05) is 22.5 Å². The van der Waals surface area contributed by atoms with Gasteiger partial charge in [-0.15, -0.1) is 0 Å². The molecular weight excluding hydrogens is 449 g/mol. The quantitative estimate of drug-likeness (QED) is 0.482. The van der Waals surface area contributed by atoms with Crippen LogP contribution in [-0.2, 0) is 21.0 Å². The third-order valence-electron chi connectivity index (χ3n) is 6.52. The first-order chi connectivity index (χ1) is 14.8. The Labute approximate surface area is 193 Å². The van der Waals surface area contributed by atoms with Crippen molar-refractivity contribution in [2.45, 2.75) is 21.5 Å². The minimum absolute atomic E-state index is 0.158. The second-order valence-electron chi connectivity index (χ2n) is 8.00. The number of hydrogen-bond donors (Lipinski definition) is 0. The van der Waals surface area contributed by atoms with E-state index in [0.717, 1.165) is 16.7 Å². The Morgan fingerprint density at radius 3 is 2.19 bits per heavy atom. The number of nitrogens with zero attached hydrogens (tertiary/aromatic N) is 1. The van der Waals surface area contributed by atoms with Crippen LogP contribution in [0.3, 0.4) is 0 Å². The molecule has 1 fully saturated rings. The average Bonchev–Trinajstić information content (AvgIpc) is 3.49. The van der Waals surface area contributed by atoms with Gasteiger partial charge in [0.15, 0.2) is 0 Å². The molecule has 0 N–H and O–H groups in total. The first kappa shape index (κ1) is 20.5. The zero-order valence-corrected chi connectivity index (χ0v) is 19.1. The summed E-state index contributed by atoms with van der Waals surface area (Å²) < 4.78 is 12.9. The number of para-hydroxylation sites is 1. The summed E-state index contributed by atoms with van der Waals surface area (Å²) in [6, 6.07) is 22.2. The lowest BCUT2D eigenvalue weighted by Crippen LogP contribution is -2.49. The largest absolute Gasteiger partial charge is 0.313 e. The molecule has 6 heteroatoms. The van der Waals surface area contributed by atoms with Crippen LogP contribution < -0.4 is 4.90 Å². The van der Waals surface area contributed by atoms with Crippen molar-refractivity contribution in [2.24, 2.45) is 0 Å². The maximum Gasteiger partial charge on any atom is 0.247 e. The first-order valence-corrected chi connectivity index (χ1v) is 11.7. The van der Waals surface area contributed by atoms with Crippen molar-refractivity contribution >= 4 is 51.2 Å². The van der Waals surface area contributed by atoms with E-state index in [1.54, 1.807) is 36.2 Å². The number of hydrogen-bond acceptors (Lipinski definition) is 2. The molecule has 1 aliphatic heterocycles. The molecule has 31 heavy (non-hydrogen) atoms. The van der Waals surface area contributed by atoms with Crippen LogP contribution in [-0.4, -0.2) is 21.9 Å². The van der Waals surface area contributed by atoms with Gasteiger partial charge in [-0.2, -0.15) is 0 Å². The predicted molar refractivity (Wildman–Crippen MR) is 127 cm³/mol. The fraction of sp³-hybridized carbons (Fsp3) is 0.160. The minimum atomic E-state index is -1.55. The number of allylic oxidation sites excluding steroid dienone is 1. The van der Waals surface area contributed by atoms with E-state index in [9.17, 15) is 9.00 Å². The van der Waals surface area contributed by atoms with Gasteiger partial charge in [-0.3, -0.25) is 9.00 Å². The second kappa shape index (κ2) is 7.06. The SMILES string of the molecule is C=C(c1ccc(Cl)cc1)[C@]1(c2ccc(Cl)cc2)C[C@@]12C(=O)N(C)c1ccccc1[S@@]2=O. The number of anilines is 1. The molecule has 3 aromatic carbocycles. The zero-order valence-electron chi connectivity index (χ0n) is 16.8. The van der Waals surface area contributed by atoms with Crippen LogP contribution >= 0.6 is 23.2 Å².